The standard InChI is InChI=1S/C15H21ClN2O3/c1-5-15(3,4)18-13(19)9(2)21-14(20)11-7-6-10(17)8-12(11)16/h6-9H,5,17H2,1-4H3,(H,18,19). The van der Waals surface area contributed by atoms with Gasteiger partial charge in [-0.3, -0.25) is 4.79 Å². The van der Waals surface area contributed by atoms with Crippen molar-refractivity contribution in [3.05, 3.63) is 28.8 Å². The summed E-state index contributed by atoms with van der Waals surface area (Å²) in [4.78, 5) is 24.0. The second kappa shape index (κ2) is 6.80. The molecule has 1 atom stereocenters. The second-order valence-electron chi connectivity index (χ2n) is 5.51. The van der Waals surface area contributed by atoms with Crippen molar-refractivity contribution in [3.63, 3.8) is 0 Å². The molecule has 116 valence electrons. The fourth-order valence-corrected chi connectivity index (χ4v) is 1.76. The first-order valence-electron chi connectivity index (χ1n) is 6.74. The van der Waals surface area contributed by atoms with Gasteiger partial charge in [0.05, 0.1) is 10.6 Å². The molecule has 1 unspecified atom stereocenters. The molecule has 1 amide bonds. The van der Waals surface area contributed by atoms with Gasteiger partial charge in [-0.2, -0.15) is 0 Å². The molecule has 21 heavy (non-hydrogen) atoms. The van der Waals surface area contributed by atoms with Crippen LogP contribution in [0.1, 0.15) is 44.5 Å². The minimum absolute atomic E-state index is 0.181. The lowest BCUT2D eigenvalue weighted by Gasteiger charge is -2.26. The Morgan fingerprint density at radius 3 is 2.57 bits per heavy atom. The number of rotatable bonds is 5. The molecule has 5 nitrogen and oxygen atoms in total. The summed E-state index contributed by atoms with van der Waals surface area (Å²) < 4.78 is 5.13. The van der Waals surface area contributed by atoms with Gasteiger partial charge in [-0.15, -0.1) is 0 Å². The van der Waals surface area contributed by atoms with E-state index < -0.39 is 12.1 Å². The average Bonchev–Trinajstić information content (AvgIpc) is 2.37. The largest absolute Gasteiger partial charge is 0.449 e. The van der Waals surface area contributed by atoms with Crippen molar-refractivity contribution in [3.8, 4) is 0 Å². The first kappa shape index (κ1) is 17.3. The number of amides is 1. The highest BCUT2D eigenvalue weighted by Crippen LogP contribution is 2.20. The quantitative estimate of drug-likeness (QED) is 0.647. The van der Waals surface area contributed by atoms with Gasteiger partial charge in [-0.05, 0) is 45.4 Å². The number of anilines is 1. The third kappa shape index (κ3) is 4.93. The number of carbonyl (C=O) groups is 2. The van der Waals surface area contributed by atoms with E-state index in [-0.39, 0.29) is 22.0 Å². The molecular formula is C15H21ClN2O3. The minimum atomic E-state index is -0.906. The predicted molar refractivity (Wildman–Crippen MR) is 83.3 cm³/mol. The van der Waals surface area contributed by atoms with E-state index in [1.807, 2.05) is 20.8 Å². The Morgan fingerprint density at radius 2 is 2.05 bits per heavy atom. The number of esters is 1. The number of halogens is 1. The van der Waals surface area contributed by atoms with E-state index in [0.717, 1.165) is 6.42 Å². The highest BCUT2D eigenvalue weighted by Gasteiger charge is 2.25. The molecule has 1 rings (SSSR count). The molecule has 0 heterocycles. The summed E-state index contributed by atoms with van der Waals surface area (Å²) in [6.07, 6.45) is -0.139. The minimum Gasteiger partial charge on any atom is -0.449 e. The third-order valence-electron chi connectivity index (χ3n) is 3.21. The van der Waals surface area contributed by atoms with E-state index >= 15 is 0 Å². The van der Waals surface area contributed by atoms with Gasteiger partial charge < -0.3 is 15.8 Å². The Labute approximate surface area is 129 Å². The number of hydrogen-bond donors (Lipinski definition) is 2. The van der Waals surface area contributed by atoms with Crippen molar-refractivity contribution in [2.24, 2.45) is 0 Å². The van der Waals surface area contributed by atoms with E-state index in [0.29, 0.717) is 5.69 Å². The van der Waals surface area contributed by atoms with Crippen LogP contribution in [0, 0.1) is 0 Å². The van der Waals surface area contributed by atoms with Crippen LogP contribution in [0.4, 0.5) is 5.69 Å². The normalized spacial score (nSPS) is 12.6. The average molecular weight is 313 g/mol. The Hall–Kier alpha value is -1.75. The van der Waals surface area contributed by atoms with Gasteiger partial charge in [-0.1, -0.05) is 18.5 Å². The number of nitrogens with two attached hydrogens (primary N) is 1. The molecule has 0 radical (unpaired) electrons. The molecule has 0 aliphatic heterocycles. The van der Waals surface area contributed by atoms with E-state index in [9.17, 15) is 9.59 Å². The second-order valence-corrected chi connectivity index (χ2v) is 5.92. The van der Waals surface area contributed by atoms with Crippen LogP contribution in [0.2, 0.25) is 5.02 Å². The molecule has 0 aliphatic carbocycles. The summed E-state index contributed by atoms with van der Waals surface area (Å²) >= 11 is 5.93. The topological polar surface area (TPSA) is 81.4 Å². The molecule has 0 saturated carbocycles. The maximum absolute atomic E-state index is 12.0. The van der Waals surface area contributed by atoms with Crippen LogP contribution in [0.3, 0.4) is 0 Å². The van der Waals surface area contributed by atoms with Gasteiger partial charge in [0, 0.05) is 11.2 Å². The molecule has 3 N–H and O–H groups in total. The zero-order valence-electron chi connectivity index (χ0n) is 12.7. The summed E-state index contributed by atoms with van der Waals surface area (Å²) in [6, 6.07) is 4.48. The Balaban J connectivity index is 2.72. The lowest BCUT2D eigenvalue weighted by atomic mass is 10.0. The van der Waals surface area contributed by atoms with Gasteiger partial charge >= 0.3 is 5.97 Å². The van der Waals surface area contributed by atoms with Crippen molar-refractivity contribution in [1.29, 1.82) is 0 Å². The first-order chi connectivity index (χ1) is 9.66. The number of carbonyl (C=O) groups excluding carboxylic acids is 2. The number of ether oxygens (including phenoxy) is 1. The van der Waals surface area contributed by atoms with E-state index in [1.54, 1.807) is 6.07 Å². The van der Waals surface area contributed by atoms with Crippen LogP contribution < -0.4 is 11.1 Å². The van der Waals surface area contributed by atoms with Gasteiger partial charge in [0.25, 0.3) is 5.91 Å². The SMILES string of the molecule is CCC(C)(C)NC(=O)C(C)OC(=O)c1ccc(N)cc1Cl. The molecule has 0 fully saturated rings. The summed E-state index contributed by atoms with van der Waals surface area (Å²) in [5.74, 6) is -1.00. The highest BCUT2D eigenvalue weighted by atomic mass is 35.5. The van der Waals surface area contributed by atoms with Crippen molar-refractivity contribution in [1.82, 2.24) is 5.32 Å². The molecule has 0 spiro atoms. The molecule has 0 bridgehead atoms. The lowest BCUT2D eigenvalue weighted by molar-refractivity contribution is -0.130. The summed E-state index contributed by atoms with van der Waals surface area (Å²) in [5.41, 5.74) is 5.84. The number of nitrogen functional groups attached to an aromatic ring is 1. The Kier molecular flexibility index (Phi) is 5.61. The van der Waals surface area contributed by atoms with Gasteiger partial charge in [-0.25, -0.2) is 4.79 Å². The Bertz CT molecular complexity index is 544. The van der Waals surface area contributed by atoms with Crippen LogP contribution in [0.25, 0.3) is 0 Å². The summed E-state index contributed by atoms with van der Waals surface area (Å²) in [6.45, 7) is 7.28. The maximum Gasteiger partial charge on any atom is 0.340 e. The smallest absolute Gasteiger partial charge is 0.340 e. The lowest BCUT2D eigenvalue weighted by Crippen LogP contribution is -2.47. The van der Waals surface area contributed by atoms with Gasteiger partial charge in [0.1, 0.15) is 0 Å². The molecular weight excluding hydrogens is 292 g/mol. The van der Waals surface area contributed by atoms with Crippen molar-refractivity contribution >= 4 is 29.2 Å². The molecule has 0 saturated heterocycles. The predicted octanol–water partition coefficient (Wildman–Crippen LogP) is 2.77. The summed E-state index contributed by atoms with van der Waals surface area (Å²) in [7, 11) is 0. The number of nitrogens with one attached hydrogen (secondary N) is 1. The van der Waals surface area contributed by atoms with Gasteiger partial charge in [0.2, 0.25) is 0 Å². The zero-order valence-corrected chi connectivity index (χ0v) is 13.5. The van der Waals surface area contributed by atoms with E-state index in [2.05, 4.69) is 5.32 Å². The van der Waals surface area contributed by atoms with Crippen LogP contribution in [-0.2, 0) is 9.53 Å². The molecule has 0 aromatic heterocycles. The molecule has 6 heteroatoms. The monoisotopic (exact) mass is 312 g/mol. The third-order valence-corrected chi connectivity index (χ3v) is 3.52. The van der Waals surface area contributed by atoms with Crippen molar-refractivity contribution in [2.45, 2.75) is 45.8 Å². The number of benzene rings is 1. The Morgan fingerprint density at radius 1 is 1.43 bits per heavy atom. The van der Waals surface area contributed by atoms with Gasteiger partial charge in [0.15, 0.2) is 6.10 Å². The molecule has 1 aromatic carbocycles. The number of hydrogen-bond acceptors (Lipinski definition) is 4. The maximum atomic E-state index is 12.0. The van der Waals surface area contributed by atoms with Crippen molar-refractivity contribution < 1.29 is 14.3 Å². The first-order valence-corrected chi connectivity index (χ1v) is 7.12. The summed E-state index contributed by atoms with van der Waals surface area (Å²) in [5, 5.41) is 3.01. The van der Waals surface area contributed by atoms with Crippen LogP contribution >= 0.6 is 11.6 Å². The fraction of sp³-hybridized carbons (Fsp3) is 0.467. The van der Waals surface area contributed by atoms with Crippen LogP contribution in [0.5, 0.6) is 0 Å². The zero-order chi connectivity index (χ0) is 16.2. The molecule has 1 aromatic rings. The highest BCUT2D eigenvalue weighted by molar-refractivity contribution is 6.33. The fourth-order valence-electron chi connectivity index (χ4n) is 1.50. The van der Waals surface area contributed by atoms with E-state index in [1.165, 1.54) is 19.1 Å². The van der Waals surface area contributed by atoms with E-state index in [4.69, 9.17) is 22.1 Å². The van der Waals surface area contributed by atoms with Crippen LogP contribution in [0.15, 0.2) is 18.2 Å². The van der Waals surface area contributed by atoms with Crippen molar-refractivity contribution in [2.75, 3.05) is 5.73 Å². The van der Waals surface area contributed by atoms with Crippen LogP contribution in [-0.4, -0.2) is 23.5 Å². The molecule has 0 aliphatic rings.